The highest BCUT2D eigenvalue weighted by Crippen LogP contribution is 2.16. The lowest BCUT2D eigenvalue weighted by molar-refractivity contribution is -0.145. The fourth-order valence-corrected chi connectivity index (χ4v) is 1.41. The molecule has 0 radical (unpaired) electrons. The van der Waals surface area contributed by atoms with Gasteiger partial charge in [0.05, 0.1) is 0 Å². The third kappa shape index (κ3) is 3.55. The number of hydrogen-bond acceptors (Lipinski definition) is 3. The average molecular weight is 223 g/mol. The number of ether oxygens (including phenoxy) is 1. The summed E-state index contributed by atoms with van der Waals surface area (Å²) in [7, 11) is 0. The number of carboxylic acid groups (broad SMARTS) is 1. The highest BCUT2D eigenvalue weighted by atomic mass is 16.5. The molecule has 0 amide bonds. The zero-order chi connectivity index (χ0) is 12.0. The van der Waals surface area contributed by atoms with E-state index in [0.29, 0.717) is 18.7 Å². The van der Waals surface area contributed by atoms with Crippen molar-refractivity contribution in [3.63, 3.8) is 0 Å². The number of rotatable bonds is 6. The maximum atomic E-state index is 10.8. The van der Waals surface area contributed by atoms with E-state index >= 15 is 0 Å². The van der Waals surface area contributed by atoms with Crippen LogP contribution in [0.4, 0.5) is 0 Å². The van der Waals surface area contributed by atoms with Crippen LogP contribution in [0.1, 0.15) is 18.9 Å². The van der Waals surface area contributed by atoms with Crippen molar-refractivity contribution in [1.82, 2.24) is 0 Å². The van der Waals surface area contributed by atoms with Crippen molar-refractivity contribution < 1.29 is 14.6 Å². The largest absolute Gasteiger partial charge is 0.479 e. The summed E-state index contributed by atoms with van der Waals surface area (Å²) in [4.78, 5) is 10.8. The first-order chi connectivity index (χ1) is 7.67. The summed E-state index contributed by atoms with van der Waals surface area (Å²) in [6.07, 6.45) is 0.422. The summed E-state index contributed by atoms with van der Waals surface area (Å²) in [6, 6.07) is 7.38. The Morgan fingerprint density at radius 3 is 2.88 bits per heavy atom. The molecule has 0 saturated heterocycles. The Balaban J connectivity index is 2.72. The highest BCUT2D eigenvalue weighted by molar-refractivity contribution is 5.72. The van der Waals surface area contributed by atoms with E-state index in [-0.39, 0.29) is 0 Å². The Morgan fingerprint density at radius 2 is 2.31 bits per heavy atom. The molecule has 0 heterocycles. The van der Waals surface area contributed by atoms with Crippen LogP contribution < -0.4 is 10.5 Å². The first-order valence-corrected chi connectivity index (χ1v) is 5.35. The monoisotopic (exact) mass is 223 g/mol. The van der Waals surface area contributed by atoms with Gasteiger partial charge in [-0.15, -0.1) is 0 Å². The quantitative estimate of drug-likeness (QED) is 0.765. The standard InChI is InChI=1S/C12H17NO3/c1-2-11(12(14)15)16-10-5-3-4-9(8-10)6-7-13/h3-5,8,11H,2,6-7,13H2,1H3,(H,14,15). The van der Waals surface area contributed by atoms with Crippen LogP contribution in [0.25, 0.3) is 0 Å². The number of aliphatic carboxylic acids is 1. The van der Waals surface area contributed by atoms with Gasteiger partial charge in [0.1, 0.15) is 5.75 Å². The topological polar surface area (TPSA) is 72.5 Å². The third-order valence-corrected chi connectivity index (χ3v) is 2.26. The number of carboxylic acids is 1. The van der Waals surface area contributed by atoms with Crippen LogP contribution in [-0.4, -0.2) is 23.7 Å². The zero-order valence-electron chi connectivity index (χ0n) is 9.35. The van der Waals surface area contributed by atoms with Gasteiger partial charge in [0.25, 0.3) is 0 Å². The molecular weight excluding hydrogens is 206 g/mol. The Kier molecular flexibility index (Phi) is 4.79. The molecule has 0 fully saturated rings. The lowest BCUT2D eigenvalue weighted by Gasteiger charge is -2.13. The van der Waals surface area contributed by atoms with Crippen LogP contribution in [0.5, 0.6) is 5.75 Å². The minimum Gasteiger partial charge on any atom is -0.479 e. The molecule has 4 nitrogen and oxygen atoms in total. The molecule has 1 aromatic carbocycles. The summed E-state index contributed by atoms with van der Waals surface area (Å²) in [5.74, 6) is -0.355. The van der Waals surface area contributed by atoms with E-state index in [9.17, 15) is 4.79 Å². The molecule has 88 valence electrons. The number of carbonyl (C=O) groups is 1. The minimum absolute atomic E-state index is 0.441. The Labute approximate surface area is 95.0 Å². The van der Waals surface area contributed by atoms with Crippen LogP contribution in [-0.2, 0) is 11.2 Å². The van der Waals surface area contributed by atoms with Gasteiger partial charge in [0.15, 0.2) is 6.10 Å². The lowest BCUT2D eigenvalue weighted by Crippen LogP contribution is -2.25. The van der Waals surface area contributed by atoms with Gasteiger partial charge >= 0.3 is 5.97 Å². The summed E-state index contributed by atoms with van der Waals surface area (Å²) in [5, 5.41) is 8.86. The predicted molar refractivity (Wildman–Crippen MR) is 61.5 cm³/mol. The van der Waals surface area contributed by atoms with Gasteiger partial charge < -0.3 is 15.6 Å². The van der Waals surface area contributed by atoms with Crippen molar-refractivity contribution in [2.75, 3.05) is 6.54 Å². The van der Waals surface area contributed by atoms with Crippen molar-refractivity contribution >= 4 is 5.97 Å². The number of hydrogen-bond donors (Lipinski definition) is 2. The second-order valence-electron chi connectivity index (χ2n) is 3.54. The van der Waals surface area contributed by atoms with Gasteiger partial charge in [-0.2, -0.15) is 0 Å². The molecule has 1 atom stereocenters. The molecule has 0 aliphatic heterocycles. The Hall–Kier alpha value is -1.55. The fourth-order valence-electron chi connectivity index (χ4n) is 1.41. The smallest absolute Gasteiger partial charge is 0.344 e. The Morgan fingerprint density at radius 1 is 1.56 bits per heavy atom. The SMILES string of the molecule is CCC(Oc1cccc(CCN)c1)C(=O)O. The minimum atomic E-state index is -0.938. The van der Waals surface area contributed by atoms with Gasteiger partial charge in [-0.25, -0.2) is 4.79 Å². The van der Waals surface area contributed by atoms with Crippen LogP contribution >= 0.6 is 0 Å². The molecule has 0 aromatic heterocycles. The van der Waals surface area contributed by atoms with Crippen LogP contribution in [0.15, 0.2) is 24.3 Å². The van der Waals surface area contributed by atoms with E-state index < -0.39 is 12.1 Å². The highest BCUT2D eigenvalue weighted by Gasteiger charge is 2.16. The van der Waals surface area contributed by atoms with Gasteiger partial charge in [-0.3, -0.25) is 0 Å². The van der Waals surface area contributed by atoms with Crippen LogP contribution in [0.2, 0.25) is 0 Å². The normalized spacial score (nSPS) is 12.1. The molecule has 0 bridgehead atoms. The maximum absolute atomic E-state index is 10.8. The molecule has 4 heteroatoms. The first-order valence-electron chi connectivity index (χ1n) is 5.35. The first kappa shape index (κ1) is 12.5. The van der Waals surface area contributed by atoms with Gasteiger partial charge in [-0.05, 0) is 37.1 Å². The molecule has 0 saturated carbocycles. The van der Waals surface area contributed by atoms with Crippen LogP contribution in [0.3, 0.4) is 0 Å². The van der Waals surface area contributed by atoms with Gasteiger partial charge in [-0.1, -0.05) is 19.1 Å². The zero-order valence-corrected chi connectivity index (χ0v) is 9.35. The molecule has 3 N–H and O–H groups in total. The lowest BCUT2D eigenvalue weighted by atomic mass is 10.1. The molecule has 0 aliphatic rings. The molecule has 16 heavy (non-hydrogen) atoms. The van der Waals surface area contributed by atoms with E-state index in [0.717, 1.165) is 12.0 Å². The molecule has 1 rings (SSSR count). The fraction of sp³-hybridized carbons (Fsp3) is 0.417. The number of nitrogens with two attached hydrogens (primary N) is 1. The van der Waals surface area contributed by atoms with Gasteiger partial charge in [0, 0.05) is 0 Å². The maximum Gasteiger partial charge on any atom is 0.344 e. The van der Waals surface area contributed by atoms with E-state index in [4.69, 9.17) is 15.6 Å². The van der Waals surface area contributed by atoms with Crippen LogP contribution in [0, 0.1) is 0 Å². The van der Waals surface area contributed by atoms with Crippen molar-refractivity contribution in [3.05, 3.63) is 29.8 Å². The molecule has 0 spiro atoms. The third-order valence-electron chi connectivity index (χ3n) is 2.26. The summed E-state index contributed by atoms with van der Waals surface area (Å²) in [6.45, 7) is 2.35. The average Bonchev–Trinajstić information content (AvgIpc) is 2.26. The van der Waals surface area contributed by atoms with E-state index in [1.807, 2.05) is 18.2 Å². The molecule has 1 unspecified atom stereocenters. The number of benzene rings is 1. The summed E-state index contributed by atoms with van der Waals surface area (Å²) < 4.78 is 5.37. The predicted octanol–water partition coefficient (Wildman–Crippen LogP) is 1.43. The van der Waals surface area contributed by atoms with Crippen molar-refractivity contribution in [2.24, 2.45) is 5.73 Å². The van der Waals surface area contributed by atoms with Crippen molar-refractivity contribution in [2.45, 2.75) is 25.9 Å². The molecule has 0 aliphatic carbocycles. The summed E-state index contributed by atoms with van der Waals surface area (Å²) >= 11 is 0. The van der Waals surface area contributed by atoms with E-state index in [1.165, 1.54) is 0 Å². The van der Waals surface area contributed by atoms with Gasteiger partial charge in [0.2, 0.25) is 0 Å². The molecular formula is C12H17NO3. The second kappa shape index (κ2) is 6.12. The second-order valence-corrected chi connectivity index (χ2v) is 3.54. The Bertz CT molecular complexity index is 352. The van der Waals surface area contributed by atoms with E-state index in [2.05, 4.69) is 0 Å². The molecule has 1 aromatic rings. The van der Waals surface area contributed by atoms with E-state index in [1.54, 1.807) is 13.0 Å². The van der Waals surface area contributed by atoms with Crippen molar-refractivity contribution in [3.8, 4) is 5.75 Å². The summed E-state index contributed by atoms with van der Waals surface area (Å²) in [5.41, 5.74) is 6.51. The van der Waals surface area contributed by atoms with Crippen molar-refractivity contribution in [1.29, 1.82) is 0 Å².